The minimum Gasteiger partial charge on any atom is -0.350 e. The zero-order valence-corrected chi connectivity index (χ0v) is 19.2. The van der Waals surface area contributed by atoms with Crippen LogP contribution in [0.2, 0.25) is 5.02 Å². The van der Waals surface area contributed by atoms with Crippen LogP contribution in [0.3, 0.4) is 0 Å². The molecule has 158 valence electrons. The van der Waals surface area contributed by atoms with Gasteiger partial charge in [-0.1, -0.05) is 29.8 Å². The number of hydrogen-bond donors (Lipinski definition) is 1. The summed E-state index contributed by atoms with van der Waals surface area (Å²) in [6.45, 7) is 8.35. The average Bonchev–Trinajstić information content (AvgIpc) is 2.60. The van der Waals surface area contributed by atoms with E-state index in [0.717, 1.165) is 17.4 Å². The highest BCUT2D eigenvalue weighted by Crippen LogP contribution is 2.23. The smallest absolute Gasteiger partial charge is 0.232 e. The van der Waals surface area contributed by atoms with Crippen molar-refractivity contribution in [2.45, 2.75) is 46.6 Å². The van der Waals surface area contributed by atoms with E-state index in [1.54, 1.807) is 24.3 Å². The second-order valence-corrected chi connectivity index (χ2v) is 9.84. The molecular weight excluding hydrogens is 408 g/mol. The molecule has 2 rings (SSSR count). The van der Waals surface area contributed by atoms with Crippen LogP contribution in [0.4, 0.5) is 5.69 Å². The highest BCUT2D eigenvalue weighted by Gasteiger charge is 2.18. The number of carbonyl (C=O) groups excluding carboxylic acids is 1. The van der Waals surface area contributed by atoms with E-state index in [-0.39, 0.29) is 24.9 Å². The molecule has 2 aromatic carbocycles. The molecule has 7 heteroatoms. The highest BCUT2D eigenvalue weighted by atomic mass is 35.5. The van der Waals surface area contributed by atoms with Crippen LogP contribution in [0.5, 0.6) is 0 Å². The number of rotatable bonds is 8. The van der Waals surface area contributed by atoms with Crippen molar-refractivity contribution in [1.82, 2.24) is 5.32 Å². The van der Waals surface area contributed by atoms with Gasteiger partial charge in [-0.25, -0.2) is 8.42 Å². The monoisotopic (exact) mass is 436 g/mol. The molecule has 0 aromatic heterocycles. The van der Waals surface area contributed by atoms with Gasteiger partial charge in [0.25, 0.3) is 0 Å². The quantitative estimate of drug-likeness (QED) is 0.652. The first kappa shape index (κ1) is 23.2. The topological polar surface area (TPSA) is 66.5 Å². The molecule has 0 heterocycles. The first-order valence-corrected chi connectivity index (χ1v) is 11.8. The summed E-state index contributed by atoms with van der Waals surface area (Å²) in [5, 5.41) is 3.48. The number of nitrogens with one attached hydrogen (secondary N) is 1. The van der Waals surface area contributed by atoms with Crippen molar-refractivity contribution in [2.75, 3.05) is 17.1 Å². The number of hydrogen-bond acceptors (Lipinski definition) is 3. The molecule has 0 radical (unpaired) electrons. The standard InChI is InChI=1S/C22H29ClN2O3S/c1-15-12-17(3)21(13-16(15)2)18(4)24-22(26)10-7-11-25(29(5,27)28)20-9-6-8-19(23)14-20/h6,8-9,12-14,18H,7,10-11H2,1-5H3,(H,24,26)/t18-/m1/s1. The Morgan fingerprint density at radius 1 is 1.10 bits per heavy atom. The Balaban J connectivity index is 1.98. The van der Waals surface area contributed by atoms with Gasteiger partial charge in [0.05, 0.1) is 18.0 Å². The molecular formula is C22H29ClN2O3S. The SMILES string of the molecule is Cc1cc(C)c([C@@H](C)NC(=O)CCCN(c2cccc(Cl)c2)S(C)(=O)=O)cc1C. The van der Waals surface area contributed by atoms with Crippen molar-refractivity contribution in [1.29, 1.82) is 0 Å². The third kappa shape index (κ3) is 6.47. The van der Waals surface area contributed by atoms with Crippen LogP contribution < -0.4 is 9.62 Å². The van der Waals surface area contributed by atoms with E-state index in [2.05, 4.69) is 31.3 Å². The molecule has 0 aliphatic carbocycles. The number of amides is 1. The van der Waals surface area contributed by atoms with Gasteiger partial charge in [-0.15, -0.1) is 0 Å². The van der Waals surface area contributed by atoms with E-state index in [0.29, 0.717) is 17.1 Å². The fraction of sp³-hybridized carbons (Fsp3) is 0.409. The number of carbonyl (C=O) groups is 1. The maximum absolute atomic E-state index is 12.4. The Bertz CT molecular complexity index is 990. The maximum Gasteiger partial charge on any atom is 0.232 e. The number of halogens is 1. The Morgan fingerprint density at radius 3 is 2.38 bits per heavy atom. The van der Waals surface area contributed by atoms with E-state index < -0.39 is 10.0 Å². The maximum atomic E-state index is 12.4. The van der Waals surface area contributed by atoms with Crippen LogP contribution >= 0.6 is 11.6 Å². The van der Waals surface area contributed by atoms with Crippen molar-refractivity contribution in [3.05, 3.63) is 63.7 Å². The van der Waals surface area contributed by atoms with Crippen molar-refractivity contribution < 1.29 is 13.2 Å². The fourth-order valence-electron chi connectivity index (χ4n) is 3.34. The van der Waals surface area contributed by atoms with E-state index in [1.165, 1.54) is 15.4 Å². The summed E-state index contributed by atoms with van der Waals surface area (Å²) in [4.78, 5) is 12.4. The summed E-state index contributed by atoms with van der Waals surface area (Å²) >= 11 is 5.99. The zero-order valence-electron chi connectivity index (χ0n) is 17.6. The van der Waals surface area contributed by atoms with Gasteiger partial charge in [-0.05, 0) is 74.6 Å². The average molecular weight is 437 g/mol. The Hall–Kier alpha value is -2.05. The third-order valence-corrected chi connectivity index (χ3v) is 6.42. The highest BCUT2D eigenvalue weighted by molar-refractivity contribution is 7.92. The molecule has 2 aromatic rings. The molecule has 0 unspecified atom stereocenters. The third-order valence-electron chi connectivity index (χ3n) is 4.99. The second kappa shape index (κ2) is 9.63. The molecule has 1 atom stereocenters. The molecule has 0 aliphatic rings. The number of benzene rings is 2. The first-order chi connectivity index (χ1) is 13.5. The molecule has 1 N–H and O–H groups in total. The molecule has 0 saturated heterocycles. The summed E-state index contributed by atoms with van der Waals surface area (Å²) < 4.78 is 25.6. The minimum absolute atomic E-state index is 0.102. The molecule has 29 heavy (non-hydrogen) atoms. The lowest BCUT2D eigenvalue weighted by Gasteiger charge is -2.23. The molecule has 0 saturated carbocycles. The van der Waals surface area contributed by atoms with Gasteiger partial charge in [-0.2, -0.15) is 0 Å². The number of aryl methyl sites for hydroxylation is 3. The summed E-state index contributed by atoms with van der Waals surface area (Å²) in [5.74, 6) is -0.102. The lowest BCUT2D eigenvalue weighted by atomic mass is 9.96. The van der Waals surface area contributed by atoms with E-state index in [4.69, 9.17) is 11.6 Å². The van der Waals surface area contributed by atoms with Crippen molar-refractivity contribution in [3.63, 3.8) is 0 Å². The number of nitrogens with zero attached hydrogens (tertiary/aromatic N) is 1. The Kier molecular flexibility index (Phi) is 7.72. The van der Waals surface area contributed by atoms with Gasteiger partial charge in [0.15, 0.2) is 0 Å². The number of sulfonamides is 1. The van der Waals surface area contributed by atoms with Crippen molar-refractivity contribution >= 4 is 33.2 Å². The van der Waals surface area contributed by atoms with Gasteiger partial charge in [0, 0.05) is 18.0 Å². The number of anilines is 1. The summed E-state index contributed by atoms with van der Waals surface area (Å²) in [7, 11) is -3.47. The first-order valence-electron chi connectivity index (χ1n) is 9.59. The van der Waals surface area contributed by atoms with E-state index in [9.17, 15) is 13.2 Å². The van der Waals surface area contributed by atoms with E-state index in [1.807, 2.05) is 13.8 Å². The van der Waals surface area contributed by atoms with Crippen molar-refractivity contribution in [2.24, 2.45) is 0 Å². The molecule has 1 amide bonds. The predicted octanol–water partition coefficient (Wildman–Crippen LogP) is 4.69. The Labute approximate surface area is 179 Å². The van der Waals surface area contributed by atoms with Gasteiger partial charge < -0.3 is 5.32 Å². The largest absolute Gasteiger partial charge is 0.350 e. The predicted molar refractivity (Wildman–Crippen MR) is 120 cm³/mol. The van der Waals surface area contributed by atoms with Crippen LogP contribution in [0.15, 0.2) is 36.4 Å². The minimum atomic E-state index is -3.47. The van der Waals surface area contributed by atoms with Gasteiger partial charge >= 0.3 is 0 Å². The van der Waals surface area contributed by atoms with Crippen LogP contribution in [0, 0.1) is 20.8 Å². The lowest BCUT2D eigenvalue weighted by Crippen LogP contribution is -2.32. The Morgan fingerprint density at radius 2 is 1.76 bits per heavy atom. The van der Waals surface area contributed by atoms with Crippen LogP contribution in [-0.4, -0.2) is 27.1 Å². The molecule has 5 nitrogen and oxygen atoms in total. The second-order valence-electron chi connectivity index (χ2n) is 7.50. The van der Waals surface area contributed by atoms with Crippen LogP contribution in [0.25, 0.3) is 0 Å². The zero-order chi connectivity index (χ0) is 21.8. The van der Waals surface area contributed by atoms with Crippen LogP contribution in [0.1, 0.15) is 48.1 Å². The normalized spacial score (nSPS) is 12.5. The van der Waals surface area contributed by atoms with Gasteiger partial charge in [0.1, 0.15) is 0 Å². The van der Waals surface area contributed by atoms with Crippen molar-refractivity contribution in [3.8, 4) is 0 Å². The van der Waals surface area contributed by atoms with Crippen LogP contribution in [-0.2, 0) is 14.8 Å². The molecule has 0 aliphatic heterocycles. The summed E-state index contributed by atoms with van der Waals surface area (Å²) in [5.41, 5.74) is 5.16. The lowest BCUT2D eigenvalue weighted by molar-refractivity contribution is -0.121. The molecule has 0 spiro atoms. The summed E-state index contributed by atoms with van der Waals surface area (Å²) in [6, 6.07) is 10.8. The van der Waals surface area contributed by atoms with Gasteiger partial charge in [0.2, 0.25) is 15.9 Å². The fourth-order valence-corrected chi connectivity index (χ4v) is 4.48. The van der Waals surface area contributed by atoms with Gasteiger partial charge in [-0.3, -0.25) is 9.10 Å². The molecule has 0 fully saturated rings. The summed E-state index contributed by atoms with van der Waals surface area (Å²) in [6.07, 6.45) is 1.80. The molecule has 0 bridgehead atoms. The van der Waals surface area contributed by atoms with E-state index >= 15 is 0 Å².